The molecule has 2 aromatic heterocycles. The lowest BCUT2D eigenvalue weighted by molar-refractivity contribution is 0.581. The Morgan fingerprint density at radius 2 is 2.16 bits per heavy atom. The molecule has 0 unspecified atom stereocenters. The third-order valence-corrected chi connectivity index (χ3v) is 4.86. The highest BCUT2D eigenvalue weighted by molar-refractivity contribution is 7.89. The molecule has 2 rings (SSSR count). The molecule has 0 saturated heterocycles. The van der Waals surface area contributed by atoms with E-state index in [1.54, 1.807) is 17.4 Å². The molecule has 0 atom stereocenters. The van der Waals surface area contributed by atoms with Gasteiger partial charge in [0, 0.05) is 22.5 Å². The van der Waals surface area contributed by atoms with Crippen molar-refractivity contribution in [2.45, 2.75) is 18.4 Å². The summed E-state index contributed by atoms with van der Waals surface area (Å²) in [6, 6.07) is 6.84. The second-order valence-electron chi connectivity index (χ2n) is 3.83. The second-order valence-corrected chi connectivity index (χ2v) is 6.94. The summed E-state index contributed by atoms with van der Waals surface area (Å²) in [6.07, 6.45) is 1.47. The molecule has 0 aliphatic carbocycles. The van der Waals surface area contributed by atoms with Gasteiger partial charge < -0.3 is 5.43 Å². The molecule has 2 aromatic rings. The largest absolute Gasteiger partial charge is 0.307 e. The van der Waals surface area contributed by atoms with Crippen molar-refractivity contribution in [2.75, 3.05) is 5.43 Å². The van der Waals surface area contributed by atoms with E-state index in [-0.39, 0.29) is 17.3 Å². The zero-order valence-electron chi connectivity index (χ0n) is 10.3. The molecule has 0 aliphatic heterocycles. The van der Waals surface area contributed by atoms with Gasteiger partial charge in [0.05, 0.1) is 0 Å². The maximum absolute atomic E-state index is 12.1. The van der Waals surface area contributed by atoms with E-state index in [0.717, 1.165) is 9.75 Å². The first-order valence-electron chi connectivity index (χ1n) is 5.49. The van der Waals surface area contributed by atoms with Crippen molar-refractivity contribution in [1.82, 2.24) is 9.71 Å². The average Bonchev–Trinajstić information content (AvgIpc) is 2.82. The van der Waals surface area contributed by atoms with Crippen molar-refractivity contribution < 1.29 is 8.42 Å². The van der Waals surface area contributed by atoms with Crippen LogP contribution in [0.5, 0.6) is 0 Å². The van der Waals surface area contributed by atoms with Crippen molar-refractivity contribution in [2.24, 2.45) is 5.84 Å². The van der Waals surface area contributed by atoms with Crippen LogP contribution in [0.1, 0.15) is 9.75 Å². The van der Waals surface area contributed by atoms with Gasteiger partial charge in [0.2, 0.25) is 10.0 Å². The molecule has 0 saturated carbocycles. The summed E-state index contributed by atoms with van der Waals surface area (Å²) in [5, 5.41) is 0. The number of sulfonamides is 1. The maximum Gasteiger partial charge on any atom is 0.244 e. The van der Waals surface area contributed by atoms with E-state index in [1.807, 2.05) is 19.1 Å². The SMILES string of the molecule is Cc1ccc(CNS(=O)(=O)c2cccnc2NN)s1. The zero-order valence-corrected chi connectivity index (χ0v) is 11.9. The highest BCUT2D eigenvalue weighted by Crippen LogP contribution is 2.19. The monoisotopic (exact) mass is 298 g/mol. The predicted molar refractivity (Wildman–Crippen MR) is 75.1 cm³/mol. The molecule has 102 valence electrons. The lowest BCUT2D eigenvalue weighted by Gasteiger charge is -2.09. The number of nitrogens with one attached hydrogen (secondary N) is 2. The van der Waals surface area contributed by atoms with Gasteiger partial charge in [0.25, 0.3) is 0 Å². The van der Waals surface area contributed by atoms with E-state index in [4.69, 9.17) is 5.84 Å². The molecule has 4 N–H and O–H groups in total. The van der Waals surface area contributed by atoms with Crippen molar-refractivity contribution in [3.63, 3.8) is 0 Å². The van der Waals surface area contributed by atoms with E-state index < -0.39 is 10.0 Å². The molecular formula is C11H14N4O2S2. The van der Waals surface area contributed by atoms with Crippen LogP contribution in [0.4, 0.5) is 5.82 Å². The Kier molecular flexibility index (Phi) is 4.15. The molecular weight excluding hydrogens is 284 g/mol. The molecule has 0 amide bonds. The zero-order chi connectivity index (χ0) is 13.9. The number of hydrogen-bond acceptors (Lipinski definition) is 6. The van der Waals surface area contributed by atoms with Gasteiger partial charge in [-0.3, -0.25) is 0 Å². The van der Waals surface area contributed by atoms with E-state index >= 15 is 0 Å². The summed E-state index contributed by atoms with van der Waals surface area (Å²) in [6.45, 7) is 2.22. The number of nitrogens with two attached hydrogens (primary N) is 1. The number of hydrogen-bond donors (Lipinski definition) is 3. The van der Waals surface area contributed by atoms with Crippen LogP contribution < -0.4 is 16.0 Å². The topological polar surface area (TPSA) is 97.1 Å². The summed E-state index contributed by atoms with van der Waals surface area (Å²) >= 11 is 1.55. The van der Waals surface area contributed by atoms with Gasteiger partial charge in [0.15, 0.2) is 5.82 Å². The van der Waals surface area contributed by atoms with Crippen LogP contribution >= 0.6 is 11.3 Å². The van der Waals surface area contributed by atoms with Gasteiger partial charge in [-0.1, -0.05) is 0 Å². The first-order chi connectivity index (χ1) is 9.03. The van der Waals surface area contributed by atoms with Crippen LogP contribution in [0.3, 0.4) is 0 Å². The second kappa shape index (κ2) is 5.66. The number of aromatic nitrogens is 1. The van der Waals surface area contributed by atoms with Crippen LogP contribution in [-0.4, -0.2) is 13.4 Å². The number of thiophene rings is 1. The van der Waals surface area contributed by atoms with Gasteiger partial charge in [0.1, 0.15) is 4.90 Å². The Balaban J connectivity index is 2.18. The standard InChI is InChI=1S/C11H14N4O2S2/c1-8-4-5-9(18-8)7-14-19(16,17)10-3-2-6-13-11(10)15-12/h2-6,14H,7,12H2,1H3,(H,13,15). The lowest BCUT2D eigenvalue weighted by atomic mass is 10.4. The van der Waals surface area contributed by atoms with Crippen molar-refractivity contribution in [3.8, 4) is 0 Å². The Bertz CT molecular complexity index is 667. The Morgan fingerprint density at radius 1 is 1.37 bits per heavy atom. The van der Waals surface area contributed by atoms with Crippen molar-refractivity contribution >= 4 is 27.2 Å². The third-order valence-electron chi connectivity index (χ3n) is 2.43. The minimum atomic E-state index is -3.64. The minimum absolute atomic E-state index is 0.0331. The number of nitrogen functional groups attached to an aromatic ring is 1. The van der Waals surface area contributed by atoms with Crippen LogP contribution in [0.25, 0.3) is 0 Å². The number of nitrogens with zero attached hydrogens (tertiary/aromatic N) is 1. The first-order valence-corrected chi connectivity index (χ1v) is 7.79. The highest BCUT2D eigenvalue weighted by Gasteiger charge is 2.18. The Morgan fingerprint density at radius 3 is 2.79 bits per heavy atom. The molecule has 0 radical (unpaired) electrons. The lowest BCUT2D eigenvalue weighted by Crippen LogP contribution is -2.25. The molecule has 0 spiro atoms. The van der Waals surface area contributed by atoms with Gasteiger partial charge in [-0.05, 0) is 31.2 Å². The predicted octanol–water partition coefficient (Wildman–Crippen LogP) is 1.22. The molecule has 19 heavy (non-hydrogen) atoms. The third kappa shape index (κ3) is 3.29. The van der Waals surface area contributed by atoms with E-state index in [2.05, 4.69) is 15.1 Å². The van der Waals surface area contributed by atoms with E-state index in [1.165, 1.54) is 12.3 Å². The Labute approximate surface area is 115 Å². The summed E-state index contributed by atoms with van der Waals surface area (Å²) in [5.41, 5.74) is 2.28. The van der Waals surface area contributed by atoms with Gasteiger partial charge in [-0.25, -0.2) is 24.0 Å². The fourth-order valence-electron chi connectivity index (χ4n) is 1.54. The fraction of sp³-hybridized carbons (Fsp3) is 0.182. The maximum atomic E-state index is 12.1. The molecule has 0 aliphatic rings. The smallest absolute Gasteiger partial charge is 0.244 e. The van der Waals surface area contributed by atoms with Crippen molar-refractivity contribution in [1.29, 1.82) is 0 Å². The van der Waals surface area contributed by atoms with Gasteiger partial charge in [-0.2, -0.15) is 0 Å². The number of pyridine rings is 1. The van der Waals surface area contributed by atoms with Crippen LogP contribution in [-0.2, 0) is 16.6 Å². The fourth-order valence-corrected chi connectivity index (χ4v) is 3.59. The Hall–Kier alpha value is -1.48. The summed E-state index contributed by atoms with van der Waals surface area (Å²) in [5.74, 6) is 5.38. The molecule has 0 fully saturated rings. The first kappa shape index (κ1) is 13.9. The van der Waals surface area contributed by atoms with Gasteiger partial charge in [-0.15, -0.1) is 11.3 Å². The number of hydrazine groups is 1. The summed E-state index contributed by atoms with van der Waals surface area (Å²) in [7, 11) is -3.64. The van der Waals surface area contributed by atoms with Crippen molar-refractivity contribution in [3.05, 3.63) is 40.2 Å². The van der Waals surface area contributed by atoms with Crippen LogP contribution in [0, 0.1) is 6.92 Å². The molecule has 2 heterocycles. The van der Waals surface area contributed by atoms with E-state index in [9.17, 15) is 8.42 Å². The molecule has 0 aromatic carbocycles. The van der Waals surface area contributed by atoms with Gasteiger partial charge >= 0.3 is 0 Å². The number of anilines is 1. The molecule has 0 bridgehead atoms. The summed E-state index contributed by atoms with van der Waals surface area (Å²) in [4.78, 5) is 5.99. The van der Waals surface area contributed by atoms with Crippen LogP contribution in [0.2, 0.25) is 0 Å². The minimum Gasteiger partial charge on any atom is -0.307 e. The highest BCUT2D eigenvalue weighted by atomic mass is 32.2. The summed E-state index contributed by atoms with van der Waals surface area (Å²) < 4.78 is 26.8. The average molecular weight is 298 g/mol. The van der Waals surface area contributed by atoms with E-state index in [0.29, 0.717) is 0 Å². The normalized spacial score (nSPS) is 11.5. The quantitative estimate of drug-likeness (QED) is 0.569. The molecule has 6 nitrogen and oxygen atoms in total. The molecule has 8 heteroatoms. The van der Waals surface area contributed by atoms with Crippen LogP contribution in [0.15, 0.2) is 35.4 Å². The number of rotatable bonds is 5. The number of aryl methyl sites for hydroxylation is 1.